The highest BCUT2D eigenvalue weighted by molar-refractivity contribution is 5.90. The number of carbonyl (C=O) groups is 1. The number of halogens is 1. The number of anilines is 1. The second-order valence-electron chi connectivity index (χ2n) is 16.4. The van der Waals surface area contributed by atoms with Crippen molar-refractivity contribution in [3.05, 3.63) is 125 Å². The van der Waals surface area contributed by atoms with Gasteiger partial charge in [0.25, 0.3) is 0 Å². The molecule has 2 saturated carbocycles. The summed E-state index contributed by atoms with van der Waals surface area (Å²) in [6, 6.07) is 32.2. The minimum absolute atomic E-state index is 0.0719. The number of hydrogen-bond donors (Lipinski definition) is 1. The Labute approximate surface area is 320 Å². The van der Waals surface area contributed by atoms with Gasteiger partial charge in [-0.05, 0) is 129 Å². The first-order valence-corrected chi connectivity index (χ1v) is 20.4. The lowest BCUT2D eigenvalue weighted by atomic mass is 9.54. The van der Waals surface area contributed by atoms with Crippen molar-refractivity contribution in [3.8, 4) is 11.5 Å². The highest BCUT2D eigenvalue weighted by Gasteiger charge is 2.59. The lowest BCUT2D eigenvalue weighted by Gasteiger charge is -2.53. The third-order valence-corrected chi connectivity index (χ3v) is 12.9. The van der Waals surface area contributed by atoms with Crippen molar-refractivity contribution >= 4 is 11.6 Å². The quantitative estimate of drug-likeness (QED) is 0.148. The van der Waals surface area contributed by atoms with Crippen LogP contribution in [0.3, 0.4) is 0 Å². The zero-order valence-electron chi connectivity index (χ0n) is 31.7. The number of piperidine rings is 1. The molecule has 1 heterocycles. The number of carbonyl (C=O) groups excluding carboxylic acids is 1. The minimum Gasteiger partial charge on any atom is -0.490 e. The summed E-state index contributed by atoms with van der Waals surface area (Å²) in [5.41, 5.74) is 5.11. The predicted octanol–water partition coefficient (Wildman–Crippen LogP) is 10.1. The van der Waals surface area contributed by atoms with Gasteiger partial charge in [0.05, 0.1) is 18.4 Å². The van der Waals surface area contributed by atoms with E-state index in [0.717, 1.165) is 69.5 Å². The van der Waals surface area contributed by atoms with Crippen LogP contribution in [0.4, 0.5) is 10.1 Å². The molecule has 7 heteroatoms. The van der Waals surface area contributed by atoms with Crippen LogP contribution in [-0.2, 0) is 29.2 Å². The Kier molecular flexibility index (Phi) is 11.3. The first-order chi connectivity index (χ1) is 26.4. The van der Waals surface area contributed by atoms with Gasteiger partial charge in [0.2, 0.25) is 5.91 Å². The van der Waals surface area contributed by atoms with Crippen molar-refractivity contribution in [2.45, 2.75) is 102 Å². The van der Waals surface area contributed by atoms with Gasteiger partial charge in [-0.15, -0.1) is 0 Å². The van der Waals surface area contributed by atoms with E-state index in [4.69, 9.17) is 14.2 Å². The third-order valence-electron chi connectivity index (χ3n) is 12.9. The molecule has 6 atom stereocenters. The normalized spacial score (nSPS) is 26.3. The van der Waals surface area contributed by atoms with Crippen molar-refractivity contribution in [2.75, 3.05) is 25.0 Å². The number of likely N-dealkylation sites (tertiary alicyclic amines) is 1. The van der Waals surface area contributed by atoms with Crippen LogP contribution in [0, 0.1) is 23.1 Å². The van der Waals surface area contributed by atoms with Crippen molar-refractivity contribution in [1.29, 1.82) is 0 Å². The monoisotopic (exact) mass is 730 g/mol. The molecule has 0 radical (unpaired) electrons. The van der Waals surface area contributed by atoms with Gasteiger partial charge >= 0.3 is 0 Å². The van der Waals surface area contributed by atoms with E-state index in [-0.39, 0.29) is 35.1 Å². The van der Waals surface area contributed by atoms with Crippen LogP contribution in [0.15, 0.2) is 97.1 Å². The molecule has 4 aromatic rings. The molecular formula is C47H55FN2O4. The van der Waals surface area contributed by atoms with E-state index < -0.39 is 5.82 Å². The fraction of sp³-hybridized carbons (Fsp3) is 0.468. The summed E-state index contributed by atoms with van der Waals surface area (Å²) in [4.78, 5) is 15.2. The molecule has 0 spiro atoms. The molecular weight excluding hydrogens is 676 g/mol. The zero-order chi connectivity index (χ0) is 36.9. The van der Waals surface area contributed by atoms with Crippen molar-refractivity contribution in [1.82, 2.24) is 4.90 Å². The van der Waals surface area contributed by atoms with Crippen LogP contribution >= 0.6 is 0 Å². The highest BCUT2D eigenvalue weighted by atomic mass is 19.1. The Hall–Kier alpha value is -4.20. The van der Waals surface area contributed by atoms with Crippen LogP contribution in [-0.4, -0.2) is 42.6 Å². The lowest BCUT2D eigenvalue weighted by molar-refractivity contribution is -0.116. The average molecular weight is 731 g/mol. The number of nitrogens with zero attached hydrogens (tertiary/aromatic N) is 1. The predicted molar refractivity (Wildman–Crippen MR) is 211 cm³/mol. The number of fused-ring (bicyclic) bond motifs is 5. The van der Waals surface area contributed by atoms with Crippen LogP contribution < -0.4 is 14.8 Å². The van der Waals surface area contributed by atoms with E-state index in [2.05, 4.69) is 71.7 Å². The van der Waals surface area contributed by atoms with Gasteiger partial charge in [-0.1, -0.05) is 80.1 Å². The summed E-state index contributed by atoms with van der Waals surface area (Å²) in [5.74, 6) is 1.87. The summed E-state index contributed by atoms with van der Waals surface area (Å²) >= 11 is 0. The average Bonchev–Trinajstić information content (AvgIpc) is 3.53. The zero-order valence-corrected chi connectivity index (χ0v) is 31.7. The second kappa shape index (κ2) is 16.7. The maximum absolute atomic E-state index is 15.7. The Morgan fingerprint density at radius 1 is 0.852 bits per heavy atom. The summed E-state index contributed by atoms with van der Waals surface area (Å²) < 4.78 is 35.6. The summed E-state index contributed by atoms with van der Waals surface area (Å²) in [6.45, 7) is 6.67. The van der Waals surface area contributed by atoms with Gasteiger partial charge in [0, 0.05) is 23.8 Å². The minimum atomic E-state index is -0.470. The molecule has 284 valence electrons. The van der Waals surface area contributed by atoms with Gasteiger partial charge in [-0.25, -0.2) is 4.39 Å². The smallest absolute Gasteiger partial charge is 0.224 e. The molecule has 3 fully saturated rings. The topological polar surface area (TPSA) is 60.0 Å². The second-order valence-corrected chi connectivity index (χ2v) is 16.4. The fourth-order valence-electron chi connectivity index (χ4n) is 10.3. The molecule has 54 heavy (non-hydrogen) atoms. The molecule has 1 aliphatic heterocycles. The summed E-state index contributed by atoms with van der Waals surface area (Å²) in [6.07, 6.45) is 9.92. The van der Waals surface area contributed by atoms with E-state index in [9.17, 15) is 4.79 Å². The Balaban J connectivity index is 1.00. The highest BCUT2D eigenvalue weighted by Crippen LogP contribution is 2.62. The molecule has 8 rings (SSSR count). The van der Waals surface area contributed by atoms with Gasteiger partial charge < -0.3 is 24.4 Å². The number of hydrogen-bond acceptors (Lipinski definition) is 5. The van der Waals surface area contributed by atoms with Crippen LogP contribution in [0.25, 0.3) is 0 Å². The number of rotatable bonds is 13. The SMILES string of the molecule is C[C@]12C[C@H](Oc3ccc(NC(=O)CCCN4CCCCC4)c(F)c3)[C@@H]3c4ccc(OCc5ccccc5)cc4CC[C@H]3[C@@H]1CC[C@@H]2OCc1ccccc1. The molecule has 1 saturated heterocycles. The number of ether oxygens (including phenoxy) is 3. The van der Waals surface area contributed by atoms with Gasteiger partial charge in [-0.2, -0.15) is 0 Å². The standard InChI is InChI=1S/C47H55FN2O4/c1-47-30-43(54-37-19-23-42(41(48)29-37)49-45(51)16-11-27-50-25-9-4-10-26-50)46-38-21-18-36(52-31-33-12-5-2-6-13-33)28-35(38)17-20-39(46)40(47)22-24-44(47)53-32-34-14-7-3-8-15-34/h2-3,5-8,12-15,18-19,21,23,28-29,39-40,43-44,46H,4,9-11,16-17,20,22,24-27,30-32H2,1H3,(H,49,51)/t39-,40-,43-,44-,46+,47-/m0/s1. The number of aryl methyl sites for hydroxylation is 1. The largest absolute Gasteiger partial charge is 0.490 e. The van der Waals surface area contributed by atoms with E-state index >= 15 is 4.39 Å². The Morgan fingerprint density at radius 3 is 2.35 bits per heavy atom. The summed E-state index contributed by atoms with van der Waals surface area (Å²) in [7, 11) is 0. The van der Waals surface area contributed by atoms with Crippen LogP contribution in [0.2, 0.25) is 0 Å². The summed E-state index contributed by atoms with van der Waals surface area (Å²) in [5, 5.41) is 2.82. The first kappa shape index (κ1) is 36.8. The van der Waals surface area contributed by atoms with Gasteiger partial charge in [-0.3, -0.25) is 4.79 Å². The van der Waals surface area contributed by atoms with E-state index in [1.807, 2.05) is 30.3 Å². The Morgan fingerprint density at radius 2 is 1.59 bits per heavy atom. The maximum atomic E-state index is 15.7. The molecule has 0 aromatic heterocycles. The lowest BCUT2D eigenvalue weighted by Crippen LogP contribution is -2.52. The van der Waals surface area contributed by atoms with Crippen molar-refractivity contribution in [3.63, 3.8) is 0 Å². The molecule has 0 unspecified atom stereocenters. The van der Waals surface area contributed by atoms with Crippen LogP contribution in [0.5, 0.6) is 11.5 Å². The van der Waals surface area contributed by atoms with Crippen molar-refractivity contribution in [2.24, 2.45) is 17.3 Å². The molecule has 4 aliphatic rings. The number of benzene rings is 4. The van der Waals surface area contributed by atoms with E-state index in [1.54, 1.807) is 6.07 Å². The molecule has 3 aliphatic carbocycles. The maximum Gasteiger partial charge on any atom is 0.224 e. The number of amides is 1. The Bertz CT molecular complexity index is 1860. The van der Waals surface area contributed by atoms with Gasteiger partial charge in [0.1, 0.15) is 30.0 Å². The van der Waals surface area contributed by atoms with Gasteiger partial charge in [0.15, 0.2) is 0 Å². The molecule has 0 bridgehead atoms. The molecule has 6 nitrogen and oxygen atoms in total. The molecule has 1 amide bonds. The number of nitrogens with one attached hydrogen (secondary N) is 1. The first-order valence-electron chi connectivity index (χ1n) is 20.4. The van der Waals surface area contributed by atoms with E-state index in [1.165, 1.54) is 42.0 Å². The van der Waals surface area contributed by atoms with E-state index in [0.29, 0.717) is 37.2 Å². The third kappa shape index (κ3) is 8.23. The molecule has 4 aromatic carbocycles. The molecule has 1 N–H and O–H groups in total. The fourth-order valence-corrected chi connectivity index (χ4v) is 10.3. The van der Waals surface area contributed by atoms with Crippen molar-refractivity contribution < 1.29 is 23.4 Å². The van der Waals surface area contributed by atoms with Crippen LogP contribution in [0.1, 0.15) is 92.9 Å².